The van der Waals surface area contributed by atoms with Gasteiger partial charge >= 0.3 is 5.97 Å². The molecular formula is C14H17NO5. The Morgan fingerprint density at radius 1 is 1.20 bits per heavy atom. The molecule has 0 aromatic heterocycles. The monoisotopic (exact) mass is 279 g/mol. The summed E-state index contributed by atoms with van der Waals surface area (Å²) in [5, 5.41) is 8.74. The second-order valence-corrected chi connectivity index (χ2v) is 4.46. The second kappa shape index (κ2) is 6.81. The van der Waals surface area contributed by atoms with Gasteiger partial charge in [-0.1, -0.05) is 0 Å². The van der Waals surface area contributed by atoms with Gasteiger partial charge in [-0.2, -0.15) is 0 Å². The molecule has 1 aromatic carbocycles. The summed E-state index contributed by atoms with van der Waals surface area (Å²) in [5.41, 5.74) is 1.13. The molecule has 0 spiro atoms. The van der Waals surface area contributed by atoms with Crippen molar-refractivity contribution in [2.45, 2.75) is 13.0 Å². The molecular weight excluding hydrogens is 262 g/mol. The zero-order valence-electron chi connectivity index (χ0n) is 11.6. The Morgan fingerprint density at radius 2 is 1.75 bits per heavy atom. The van der Waals surface area contributed by atoms with Gasteiger partial charge in [0.2, 0.25) is 11.9 Å². The van der Waals surface area contributed by atoms with Crippen molar-refractivity contribution in [3.8, 4) is 0 Å². The minimum absolute atomic E-state index is 0.229. The standard InChI is InChI=1S/C14H17NO5/c1-9(17)13(12(18)8-16)20-14(19)10-4-6-11(7-5-10)15(2)3/h4-7,13,16H,8H2,1-3H3. The molecule has 0 aliphatic carbocycles. The quantitative estimate of drug-likeness (QED) is 0.600. The molecule has 1 aromatic rings. The fourth-order valence-electron chi connectivity index (χ4n) is 1.53. The lowest BCUT2D eigenvalue weighted by molar-refractivity contribution is -0.139. The van der Waals surface area contributed by atoms with E-state index in [0.717, 1.165) is 12.6 Å². The summed E-state index contributed by atoms with van der Waals surface area (Å²) in [6, 6.07) is 6.51. The molecule has 20 heavy (non-hydrogen) atoms. The average Bonchev–Trinajstić information content (AvgIpc) is 2.43. The number of esters is 1. The molecule has 0 saturated carbocycles. The Hall–Kier alpha value is -2.21. The molecule has 0 amide bonds. The first-order valence-corrected chi connectivity index (χ1v) is 5.99. The van der Waals surface area contributed by atoms with Gasteiger partial charge in [0.1, 0.15) is 6.61 Å². The first kappa shape index (κ1) is 15.8. The molecule has 0 aliphatic rings. The number of benzene rings is 1. The van der Waals surface area contributed by atoms with Crippen LogP contribution in [0, 0.1) is 0 Å². The highest BCUT2D eigenvalue weighted by molar-refractivity contribution is 6.07. The Balaban J connectivity index is 2.84. The number of aliphatic hydroxyl groups is 1. The van der Waals surface area contributed by atoms with Crippen LogP contribution in [-0.2, 0) is 14.3 Å². The van der Waals surface area contributed by atoms with Gasteiger partial charge in [0, 0.05) is 19.8 Å². The molecule has 1 rings (SSSR count). The van der Waals surface area contributed by atoms with Crippen LogP contribution in [0.1, 0.15) is 17.3 Å². The van der Waals surface area contributed by atoms with Crippen LogP contribution in [-0.4, -0.2) is 49.4 Å². The van der Waals surface area contributed by atoms with Crippen molar-refractivity contribution < 1.29 is 24.2 Å². The summed E-state index contributed by atoms with van der Waals surface area (Å²) in [5.74, 6) is -2.24. The van der Waals surface area contributed by atoms with Crippen LogP contribution in [0.4, 0.5) is 5.69 Å². The van der Waals surface area contributed by atoms with Crippen LogP contribution in [0.3, 0.4) is 0 Å². The topological polar surface area (TPSA) is 83.9 Å². The lowest BCUT2D eigenvalue weighted by Gasteiger charge is -2.14. The van der Waals surface area contributed by atoms with Gasteiger partial charge in [0.05, 0.1) is 5.56 Å². The van der Waals surface area contributed by atoms with E-state index < -0.39 is 30.2 Å². The lowest BCUT2D eigenvalue weighted by atomic mass is 10.1. The first-order valence-electron chi connectivity index (χ1n) is 5.99. The van der Waals surface area contributed by atoms with Gasteiger partial charge in [-0.3, -0.25) is 9.59 Å². The molecule has 0 heterocycles. The van der Waals surface area contributed by atoms with Gasteiger partial charge in [-0.05, 0) is 31.2 Å². The maximum atomic E-state index is 11.8. The van der Waals surface area contributed by atoms with E-state index >= 15 is 0 Å². The Bertz CT molecular complexity index is 507. The van der Waals surface area contributed by atoms with E-state index in [4.69, 9.17) is 9.84 Å². The third-order valence-corrected chi connectivity index (χ3v) is 2.66. The fourth-order valence-corrected chi connectivity index (χ4v) is 1.53. The smallest absolute Gasteiger partial charge is 0.339 e. The zero-order chi connectivity index (χ0) is 15.3. The highest BCUT2D eigenvalue weighted by Crippen LogP contribution is 2.13. The minimum Gasteiger partial charge on any atom is -0.443 e. The van der Waals surface area contributed by atoms with Crippen molar-refractivity contribution in [2.24, 2.45) is 0 Å². The van der Waals surface area contributed by atoms with Crippen LogP contribution < -0.4 is 4.90 Å². The molecule has 6 nitrogen and oxygen atoms in total. The van der Waals surface area contributed by atoms with Crippen LogP contribution in [0.5, 0.6) is 0 Å². The van der Waals surface area contributed by atoms with Crippen molar-refractivity contribution in [2.75, 3.05) is 25.6 Å². The summed E-state index contributed by atoms with van der Waals surface area (Å²) >= 11 is 0. The number of aliphatic hydroxyl groups excluding tert-OH is 1. The number of carbonyl (C=O) groups excluding carboxylic acids is 3. The number of ketones is 2. The van der Waals surface area contributed by atoms with E-state index in [-0.39, 0.29) is 5.56 Å². The predicted octanol–water partition coefficient (Wildman–Crippen LogP) is 0.428. The molecule has 1 unspecified atom stereocenters. The number of hydrogen-bond donors (Lipinski definition) is 1. The Morgan fingerprint density at radius 3 is 2.15 bits per heavy atom. The van der Waals surface area contributed by atoms with Crippen molar-refractivity contribution >= 4 is 23.2 Å². The van der Waals surface area contributed by atoms with E-state index in [1.807, 2.05) is 19.0 Å². The van der Waals surface area contributed by atoms with Gasteiger partial charge in [0.15, 0.2) is 5.78 Å². The molecule has 0 fully saturated rings. The maximum Gasteiger partial charge on any atom is 0.339 e. The molecule has 0 saturated heterocycles. The molecule has 0 bridgehead atoms. The number of nitrogens with zero attached hydrogens (tertiary/aromatic N) is 1. The third-order valence-electron chi connectivity index (χ3n) is 2.66. The van der Waals surface area contributed by atoms with Gasteiger partial charge < -0.3 is 14.7 Å². The van der Waals surface area contributed by atoms with E-state index in [1.54, 1.807) is 12.1 Å². The molecule has 0 aliphatic heterocycles. The fraction of sp³-hybridized carbons (Fsp3) is 0.357. The predicted molar refractivity (Wildman–Crippen MR) is 72.7 cm³/mol. The number of carbonyl (C=O) groups is 3. The summed E-state index contributed by atoms with van der Waals surface area (Å²) in [7, 11) is 3.72. The number of rotatable bonds is 6. The highest BCUT2D eigenvalue weighted by atomic mass is 16.6. The average molecular weight is 279 g/mol. The van der Waals surface area contributed by atoms with Crippen molar-refractivity contribution in [3.05, 3.63) is 29.8 Å². The first-order chi connectivity index (χ1) is 9.36. The summed E-state index contributed by atoms with van der Waals surface area (Å²) < 4.78 is 4.84. The summed E-state index contributed by atoms with van der Waals surface area (Å²) in [6.45, 7) is 0.276. The summed E-state index contributed by atoms with van der Waals surface area (Å²) in [6.07, 6.45) is -1.55. The van der Waals surface area contributed by atoms with Crippen LogP contribution in [0.2, 0.25) is 0 Å². The largest absolute Gasteiger partial charge is 0.443 e. The number of ether oxygens (including phenoxy) is 1. The Kier molecular flexibility index (Phi) is 5.40. The van der Waals surface area contributed by atoms with Gasteiger partial charge in [-0.15, -0.1) is 0 Å². The highest BCUT2D eigenvalue weighted by Gasteiger charge is 2.27. The molecule has 108 valence electrons. The minimum atomic E-state index is -1.55. The van der Waals surface area contributed by atoms with E-state index in [0.29, 0.717) is 0 Å². The lowest BCUT2D eigenvalue weighted by Crippen LogP contribution is -2.35. The van der Waals surface area contributed by atoms with Crippen molar-refractivity contribution in [3.63, 3.8) is 0 Å². The molecule has 1 N–H and O–H groups in total. The van der Waals surface area contributed by atoms with Crippen molar-refractivity contribution in [1.29, 1.82) is 0 Å². The number of Topliss-reactive ketones (excluding diaryl/α,β-unsaturated/α-hetero) is 2. The van der Waals surface area contributed by atoms with Gasteiger partial charge in [-0.25, -0.2) is 4.79 Å². The maximum absolute atomic E-state index is 11.8. The Labute approximate surface area is 117 Å². The number of hydrogen-bond acceptors (Lipinski definition) is 6. The van der Waals surface area contributed by atoms with Gasteiger partial charge in [0.25, 0.3) is 0 Å². The zero-order valence-corrected chi connectivity index (χ0v) is 11.6. The SMILES string of the molecule is CC(=O)C(OC(=O)c1ccc(N(C)C)cc1)C(=O)CO. The third kappa shape index (κ3) is 3.89. The molecule has 6 heteroatoms. The van der Waals surface area contributed by atoms with Crippen molar-refractivity contribution in [1.82, 2.24) is 0 Å². The second-order valence-electron chi connectivity index (χ2n) is 4.46. The van der Waals surface area contributed by atoms with Crippen LogP contribution >= 0.6 is 0 Å². The van der Waals surface area contributed by atoms with E-state index in [9.17, 15) is 14.4 Å². The van der Waals surface area contributed by atoms with E-state index in [2.05, 4.69) is 0 Å². The van der Waals surface area contributed by atoms with E-state index in [1.165, 1.54) is 12.1 Å². The number of anilines is 1. The summed E-state index contributed by atoms with van der Waals surface area (Å²) in [4.78, 5) is 36.3. The molecule has 0 radical (unpaired) electrons. The molecule has 1 atom stereocenters. The van der Waals surface area contributed by atoms with Crippen LogP contribution in [0.25, 0.3) is 0 Å². The van der Waals surface area contributed by atoms with Crippen LogP contribution in [0.15, 0.2) is 24.3 Å². The normalized spacial score (nSPS) is 11.6.